The van der Waals surface area contributed by atoms with Crippen molar-refractivity contribution in [1.29, 1.82) is 0 Å². The standard InChI is InChI=1S/C21H24N2O7S/c1-5-18(23(31(4,27)28)15-9-7-6-8-10-15)19(24)22-17-13-14(20(25)29-2)11-12-16(17)21(26)30-3/h6-13,18H,5H2,1-4H3,(H,22,24). The number of nitrogens with one attached hydrogen (secondary N) is 1. The summed E-state index contributed by atoms with van der Waals surface area (Å²) in [5.41, 5.74) is 0.425. The molecule has 0 aliphatic heterocycles. The van der Waals surface area contributed by atoms with Crippen LogP contribution >= 0.6 is 0 Å². The first-order chi connectivity index (χ1) is 14.6. The SMILES string of the molecule is CCC(C(=O)Nc1cc(C(=O)OC)ccc1C(=O)OC)N(c1ccccc1)S(C)(=O)=O. The predicted octanol–water partition coefficient (Wildman–Crippen LogP) is 2.44. The zero-order chi connectivity index (χ0) is 23.2. The van der Waals surface area contributed by atoms with E-state index in [1.54, 1.807) is 37.3 Å². The number of ether oxygens (including phenoxy) is 2. The molecule has 2 aromatic carbocycles. The first-order valence-corrected chi connectivity index (χ1v) is 11.1. The van der Waals surface area contributed by atoms with E-state index in [2.05, 4.69) is 10.1 Å². The summed E-state index contributed by atoms with van der Waals surface area (Å²) in [6.07, 6.45) is 1.16. The highest BCUT2D eigenvalue weighted by Gasteiger charge is 2.32. The van der Waals surface area contributed by atoms with Crippen molar-refractivity contribution in [2.24, 2.45) is 0 Å². The van der Waals surface area contributed by atoms with E-state index in [1.165, 1.54) is 32.4 Å². The van der Waals surface area contributed by atoms with Gasteiger partial charge in [-0.1, -0.05) is 25.1 Å². The highest BCUT2D eigenvalue weighted by atomic mass is 32.2. The van der Waals surface area contributed by atoms with Gasteiger partial charge in [-0.05, 0) is 36.8 Å². The molecule has 0 aromatic heterocycles. The lowest BCUT2D eigenvalue weighted by atomic mass is 10.1. The number of methoxy groups -OCH3 is 2. The molecule has 0 aliphatic rings. The molecule has 1 atom stereocenters. The lowest BCUT2D eigenvalue weighted by Gasteiger charge is -2.30. The summed E-state index contributed by atoms with van der Waals surface area (Å²) < 4.78 is 35.4. The van der Waals surface area contributed by atoms with Gasteiger partial charge in [0.15, 0.2) is 0 Å². The van der Waals surface area contributed by atoms with Crippen molar-refractivity contribution in [3.8, 4) is 0 Å². The van der Waals surface area contributed by atoms with Crippen LogP contribution in [0.25, 0.3) is 0 Å². The van der Waals surface area contributed by atoms with E-state index in [0.29, 0.717) is 5.69 Å². The quantitative estimate of drug-likeness (QED) is 0.616. The molecule has 2 rings (SSSR count). The largest absolute Gasteiger partial charge is 0.465 e. The number of esters is 2. The zero-order valence-electron chi connectivity index (χ0n) is 17.6. The summed E-state index contributed by atoms with van der Waals surface area (Å²) in [4.78, 5) is 37.1. The molecule has 166 valence electrons. The molecule has 31 heavy (non-hydrogen) atoms. The minimum absolute atomic E-state index is 0.000266. The molecule has 0 saturated carbocycles. The highest BCUT2D eigenvalue weighted by molar-refractivity contribution is 7.92. The van der Waals surface area contributed by atoms with Crippen LogP contribution in [-0.2, 0) is 24.3 Å². The van der Waals surface area contributed by atoms with Gasteiger partial charge < -0.3 is 14.8 Å². The van der Waals surface area contributed by atoms with Crippen LogP contribution in [0, 0.1) is 0 Å². The minimum atomic E-state index is -3.82. The first-order valence-electron chi connectivity index (χ1n) is 9.30. The van der Waals surface area contributed by atoms with E-state index < -0.39 is 33.9 Å². The second-order valence-electron chi connectivity index (χ2n) is 6.55. The number of nitrogens with zero attached hydrogens (tertiary/aromatic N) is 1. The first kappa shape index (κ1) is 23.9. The van der Waals surface area contributed by atoms with Gasteiger partial charge in [0, 0.05) is 0 Å². The van der Waals surface area contributed by atoms with E-state index in [4.69, 9.17) is 4.74 Å². The Bertz CT molecular complexity index is 1070. The number of para-hydroxylation sites is 1. The number of benzene rings is 2. The molecule has 0 heterocycles. The van der Waals surface area contributed by atoms with Crippen molar-refractivity contribution in [3.05, 3.63) is 59.7 Å². The van der Waals surface area contributed by atoms with Gasteiger partial charge >= 0.3 is 11.9 Å². The van der Waals surface area contributed by atoms with Gasteiger partial charge in [0.1, 0.15) is 6.04 Å². The number of hydrogen-bond donors (Lipinski definition) is 1. The van der Waals surface area contributed by atoms with Crippen LogP contribution in [0.3, 0.4) is 0 Å². The van der Waals surface area contributed by atoms with Gasteiger partial charge in [0.05, 0.1) is 43.0 Å². The second kappa shape index (κ2) is 10.1. The molecule has 0 spiro atoms. The van der Waals surface area contributed by atoms with Gasteiger partial charge in [0.2, 0.25) is 15.9 Å². The molecule has 9 nitrogen and oxygen atoms in total. The van der Waals surface area contributed by atoms with E-state index in [1.807, 2.05) is 0 Å². The summed E-state index contributed by atoms with van der Waals surface area (Å²) in [5.74, 6) is -2.08. The fourth-order valence-electron chi connectivity index (χ4n) is 3.03. The smallest absolute Gasteiger partial charge is 0.339 e. The molecular formula is C21H24N2O7S. The predicted molar refractivity (Wildman–Crippen MR) is 116 cm³/mol. The second-order valence-corrected chi connectivity index (χ2v) is 8.41. The zero-order valence-corrected chi connectivity index (χ0v) is 18.4. The third-order valence-corrected chi connectivity index (χ3v) is 5.62. The van der Waals surface area contributed by atoms with Gasteiger partial charge in [-0.2, -0.15) is 0 Å². The monoisotopic (exact) mass is 448 g/mol. The van der Waals surface area contributed by atoms with Crippen LogP contribution in [0.1, 0.15) is 34.1 Å². The normalized spacial score (nSPS) is 11.9. The Morgan fingerprint density at radius 2 is 1.61 bits per heavy atom. The summed E-state index contributed by atoms with van der Waals surface area (Å²) in [6.45, 7) is 1.66. The number of rotatable bonds is 8. The Labute approximate surface area is 181 Å². The van der Waals surface area contributed by atoms with Crippen LogP contribution < -0.4 is 9.62 Å². The van der Waals surface area contributed by atoms with Crippen LogP contribution in [0.4, 0.5) is 11.4 Å². The number of carbonyl (C=O) groups excluding carboxylic acids is 3. The maximum atomic E-state index is 13.1. The van der Waals surface area contributed by atoms with Gasteiger partial charge in [-0.3, -0.25) is 9.10 Å². The molecule has 0 saturated heterocycles. The molecule has 0 fully saturated rings. The molecule has 0 radical (unpaired) electrons. The Kier molecular flexibility index (Phi) is 7.76. The Hall–Kier alpha value is -3.40. The van der Waals surface area contributed by atoms with Gasteiger partial charge in [-0.15, -0.1) is 0 Å². The van der Waals surface area contributed by atoms with Crippen LogP contribution in [0.2, 0.25) is 0 Å². The van der Waals surface area contributed by atoms with Crippen molar-refractivity contribution >= 4 is 39.2 Å². The Balaban J connectivity index is 2.49. The van der Waals surface area contributed by atoms with Crippen molar-refractivity contribution in [1.82, 2.24) is 0 Å². The van der Waals surface area contributed by atoms with Crippen LogP contribution in [-0.4, -0.2) is 52.8 Å². The molecule has 10 heteroatoms. The molecule has 1 N–H and O–H groups in total. The Morgan fingerprint density at radius 3 is 2.13 bits per heavy atom. The van der Waals surface area contributed by atoms with Crippen molar-refractivity contribution in [3.63, 3.8) is 0 Å². The maximum Gasteiger partial charge on any atom is 0.339 e. The number of sulfonamides is 1. The number of amides is 1. The lowest BCUT2D eigenvalue weighted by Crippen LogP contribution is -2.47. The molecular weight excluding hydrogens is 424 g/mol. The highest BCUT2D eigenvalue weighted by Crippen LogP contribution is 2.25. The lowest BCUT2D eigenvalue weighted by molar-refractivity contribution is -0.117. The third-order valence-electron chi connectivity index (χ3n) is 4.44. The van der Waals surface area contributed by atoms with Crippen molar-refractivity contribution < 1.29 is 32.3 Å². The van der Waals surface area contributed by atoms with Crippen molar-refractivity contribution in [2.75, 3.05) is 30.1 Å². The van der Waals surface area contributed by atoms with E-state index in [9.17, 15) is 22.8 Å². The average Bonchev–Trinajstić information content (AvgIpc) is 2.75. The minimum Gasteiger partial charge on any atom is -0.465 e. The summed E-state index contributed by atoms with van der Waals surface area (Å²) in [5, 5.41) is 2.56. The summed E-state index contributed by atoms with van der Waals surface area (Å²) >= 11 is 0. The molecule has 2 aromatic rings. The van der Waals surface area contributed by atoms with E-state index in [0.717, 1.165) is 10.6 Å². The van der Waals surface area contributed by atoms with Crippen molar-refractivity contribution in [2.45, 2.75) is 19.4 Å². The molecule has 0 aliphatic carbocycles. The number of anilines is 2. The summed E-state index contributed by atoms with van der Waals surface area (Å²) in [6, 6.07) is 11.1. The molecule has 1 unspecified atom stereocenters. The topological polar surface area (TPSA) is 119 Å². The van der Waals surface area contributed by atoms with E-state index in [-0.39, 0.29) is 23.2 Å². The average molecular weight is 448 g/mol. The summed E-state index contributed by atoms with van der Waals surface area (Å²) in [7, 11) is -1.44. The van der Waals surface area contributed by atoms with Crippen LogP contribution in [0.15, 0.2) is 48.5 Å². The number of hydrogen-bond acceptors (Lipinski definition) is 7. The van der Waals surface area contributed by atoms with Gasteiger partial charge in [-0.25, -0.2) is 18.0 Å². The maximum absolute atomic E-state index is 13.1. The third kappa shape index (κ3) is 5.60. The van der Waals surface area contributed by atoms with E-state index >= 15 is 0 Å². The molecule has 1 amide bonds. The van der Waals surface area contributed by atoms with Gasteiger partial charge in [0.25, 0.3) is 0 Å². The van der Waals surface area contributed by atoms with Crippen LogP contribution in [0.5, 0.6) is 0 Å². The molecule has 0 bridgehead atoms. The fourth-order valence-corrected chi connectivity index (χ4v) is 4.24. The fraction of sp³-hybridized carbons (Fsp3) is 0.286. The Morgan fingerprint density at radius 1 is 1.00 bits per heavy atom. The number of carbonyl (C=O) groups is 3.